The molecule has 1 aromatic rings. The zero-order valence-corrected chi connectivity index (χ0v) is 10.7. The highest BCUT2D eigenvalue weighted by atomic mass is 16.5. The van der Waals surface area contributed by atoms with Crippen molar-refractivity contribution in [3.8, 4) is 0 Å². The van der Waals surface area contributed by atoms with Crippen molar-refractivity contribution in [3.05, 3.63) is 30.1 Å². The van der Waals surface area contributed by atoms with Gasteiger partial charge in [-0.05, 0) is 44.7 Å². The maximum atomic E-state index is 5.45. The van der Waals surface area contributed by atoms with Gasteiger partial charge in [0, 0.05) is 25.4 Å². The Kier molecular flexibility index (Phi) is 4.51. The minimum atomic E-state index is 0.316. The molecule has 1 aliphatic rings. The first-order chi connectivity index (χ1) is 8.29. The van der Waals surface area contributed by atoms with E-state index in [1.807, 2.05) is 25.4 Å². The van der Waals surface area contributed by atoms with Gasteiger partial charge in [-0.15, -0.1) is 0 Å². The summed E-state index contributed by atoms with van der Waals surface area (Å²) in [6.07, 6.45) is 7.10. The number of methoxy groups -OCH3 is 1. The molecule has 0 amide bonds. The third-order valence-corrected chi connectivity index (χ3v) is 3.58. The first-order valence-electron chi connectivity index (χ1n) is 6.49. The molecule has 0 spiro atoms. The minimum Gasteiger partial charge on any atom is -0.381 e. The largest absolute Gasteiger partial charge is 0.381 e. The summed E-state index contributed by atoms with van der Waals surface area (Å²) < 4.78 is 5.45. The smallest absolute Gasteiger partial charge is 0.0586 e. The second-order valence-electron chi connectivity index (χ2n) is 4.86. The maximum Gasteiger partial charge on any atom is 0.0586 e. The van der Waals surface area contributed by atoms with E-state index >= 15 is 0 Å². The van der Waals surface area contributed by atoms with Crippen LogP contribution >= 0.6 is 0 Å². The van der Waals surface area contributed by atoms with Crippen molar-refractivity contribution in [1.29, 1.82) is 0 Å². The highest BCUT2D eigenvalue weighted by Crippen LogP contribution is 2.22. The quantitative estimate of drug-likeness (QED) is 0.869. The average Bonchev–Trinajstić information content (AvgIpc) is 2.40. The van der Waals surface area contributed by atoms with Gasteiger partial charge >= 0.3 is 0 Å². The van der Waals surface area contributed by atoms with Gasteiger partial charge in [-0.1, -0.05) is 6.07 Å². The molecule has 1 aliphatic carbocycles. The van der Waals surface area contributed by atoms with Gasteiger partial charge in [0.15, 0.2) is 0 Å². The van der Waals surface area contributed by atoms with E-state index in [1.54, 1.807) is 0 Å². The summed E-state index contributed by atoms with van der Waals surface area (Å²) in [7, 11) is 1.81. The third kappa shape index (κ3) is 3.51. The van der Waals surface area contributed by atoms with Crippen molar-refractivity contribution in [3.63, 3.8) is 0 Å². The summed E-state index contributed by atoms with van der Waals surface area (Å²) in [6.45, 7) is 2.18. The number of hydrogen-bond donors (Lipinski definition) is 1. The van der Waals surface area contributed by atoms with Gasteiger partial charge in [-0.3, -0.25) is 4.98 Å². The molecule has 0 aromatic carbocycles. The summed E-state index contributed by atoms with van der Waals surface area (Å²) in [5.41, 5.74) is 1.12. The van der Waals surface area contributed by atoms with Crippen molar-refractivity contribution in [2.24, 2.45) is 0 Å². The second kappa shape index (κ2) is 6.12. The lowest BCUT2D eigenvalue weighted by Gasteiger charge is -2.31. The van der Waals surface area contributed by atoms with Crippen LogP contribution in [0, 0.1) is 0 Å². The summed E-state index contributed by atoms with van der Waals surface area (Å²) >= 11 is 0. The molecule has 3 nitrogen and oxygen atoms in total. The normalized spacial score (nSPS) is 26.7. The Balaban J connectivity index is 1.88. The maximum absolute atomic E-state index is 5.45. The number of nitrogens with zero attached hydrogens (tertiary/aromatic N) is 1. The second-order valence-corrected chi connectivity index (χ2v) is 4.86. The lowest BCUT2D eigenvalue weighted by atomic mass is 9.92. The van der Waals surface area contributed by atoms with Crippen LogP contribution in [-0.2, 0) is 4.74 Å². The SMILES string of the molecule is COC1CCCC(NC(C)c2ccccn2)C1. The van der Waals surface area contributed by atoms with Gasteiger partial charge in [-0.25, -0.2) is 0 Å². The molecular weight excluding hydrogens is 212 g/mol. The number of ether oxygens (including phenoxy) is 1. The summed E-state index contributed by atoms with van der Waals surface area (Å²) in [4.78, 5) is 4.39. The summed E-state index contributed by atoms with van der Waals surface area (Å²) in [5, 5.41) is 3.66. The number of rotatable bonds is 4. The summed E-state index contributed by atoms with van der Waals surface area (Å²) in [6, 6.07) is 6.95. The Morgan fingerprint density at radius 3 is 3.00 bits per heavy atom. The Morgan fingerprint density at radius 1 is 1.41 bits per heavy atom. The van der Waals surface area contributed by atoms with E-state index in [2.05, 4.69) is 23.3 Å². The number of aromatic nitrogens is 1. The lowest BCUT2D eigenvalue weighted by Crippen LogP contribution is -2.38. The molecular formula is C14H22N2O. The molecule has 1 heterocycles. The van der Waals surface area contributed by atoms with Crippen LogP contribution in [0.25, 0.3) is 0 Å². The molecule has 0 bridgehead atoms. The van der Waals surface area contributed by atoms with Crippen molar-refractivity contribution < 1.29 is 4.74 Å². The highest BCUT2D eigenvalue weighted by Gasteiger charge is 2.23. The third-order valence-electron chi connectivity index (χ3n) is 3.58. The Labute approximate surface area is 104 Å². The van der Waals surface area contributed by atoms with E-state index in [9.17, 15) is 0 Å². The van der Waals surface area contributed by atoms with Crippen LogP contribution in [0.1, 0.15) is 44.3 Å². The summed E-state index contributed by atoms with van der Waals surface area (Å²) in [5.74, 6) is 0. The van der Waals surface area contributed by atoms with Crippen LogP contribution < -0.4 is 5.32 Å². The van der Waals surface area contributed by atoms with Gasteiger partial charge in [0.1, 0.15) is 0 Å². The zero-order chi connectivity index (χ0) is 12.1. The van der Waals surface area contributed by atoms with Crippen LogP contribution in [0.5, 0.6) is 0 Å². The van der Waals surface area contributed by atoms with Crippen LogP contribution in [0.4, 0.5) is 0 Å². The molecule has 0 aliphatic heterocycles. The van der Waals surface area contributed by atoms with E-state index in [1.165, 1.54) is 19.3 Å². The van der Waals surface area contributed by atoms with E-state index in [0.29, 0.717) is 18.2 Å². The van der Waals surface area contributed by atoms with Gasteiger partial charge in [0.05, 0.1) is 11.8 Å². The molecule has 3 unspecified atom stereocenters. The molecule has 0 radical (unpaired) electrons. The van der Waals surface area contributed by atoms with E-state index in [4.69, 9.17) is 4.74 Å². The van der Waals surface area contributed by atoms with E-state index < -0.39 is 0 Å². The topological polar surface area (TPSA) is 34.1 Å². The van der Waals surface area contributed by atoms with Crippen LogP contribution in [-0.4, -0.2) is 24.2 Å². The molecule has 94 valence electrons. The minimum absolute atomic E-state index is 0.316. The molecule has 3 heteroatoms. The predicted octanol–water partition coefficient (Wildman–Crippen LogP) is 2.69. The Bertz CT molecular complexity index is 328. The number of pyridine rings is 1. The predicted molar refractivity (Wildman–Crippen MR) is 68.8 cm³/mol. The Morgan fingerprint density at radius 2 is 2.29 bits per heavy atom. The molecule has 1 aromatic heterocycles. The van der Waals surface area contributed by atoms with Crippen molar-refractivity contribution >= 4 is 0 Å². The molecule has 3 atom stereocenters. The molecule has 2 rings (SSSR count). The first kappa shape index (κ1) is 12.5. The van der Waals surface area contributed by atoms with Gasteiger partial charge < -0.3 is 10.1 Å². The fraction of sp³-hybridized carbons (Fsp3) is 0.643. The first-order valence-corrected chi connectivity index (χ1v) is 6.49. The van der Waals surface area contributed by atoms with Crippen molar-refractivity contribution in [2.45, 2.75) is 50.8 Å². The monoisotopic (exact) mass is 234 g/mol. The lowest BCUT2D eigenvalue weighted by molar-refractivity contribution is 0.0571. The zero-order valence-electron chi connectivity index (χ0n) is 10.7. The van der Waals surface area contributed by atoms with E-state index in [-0.39, 0.29) is 0 Å². The average molecular weight is 234 g/mol. The van der Waals surface area contributed by atoms with Gasteiger partial charge in [-0.2, -0.15) is 0 Å². The number of nitrogens with one attached hydrogen (secondary N) is 1. The van der Waals surface area contributed by atoms with Crippen molar-refractivity contribution in [1.82, 2.24) is 10.3 Å². The molecule has 1 fully saturated rings. The van der Waals surface area contributed by atoms with Gasteiger partial charge in [0.2, 0.25) is 0 Å². The van der Waals surface area contributed by atoms with Crippen LogP contribution in [0.3, 0.4) is 0 Å². The number of hydrogen-bond acceptors (Lipinski definition) is 3. The van der Waals surface area contributed by atoms with Crippen molar-refractivity contribution in [2.75, 3.05) is 7.11 Å². The van der Waals surface area contributed by atoms with Gasteiger partial charge in [0.25, 0.3) is 0 Å². The van der Waals surface area contributed by atoms with E-state index in [0.717, 1.165) is 12.1 Å². The highest BCUT2D eigenvalue weighted by molar-refractivity contribution is 5.08. The Hall–Kier alpha value is -0.930. The fourth-order valence-corrected chi connectivity index (χ4v) is 2.58. The molecule has 0 saturated heterocycles. The molecule has 17 heavy (non-hydrogen) atoms. The van der Waals surface area contributed by atoms with Crippen LogP contribution in [0.15, 0.2) is 24.4 Å². The fourth-order valence-electron chi connectivity index (χ4n) is 2.58. The standard InChI is InChI=1S/C14H22N2O/c1-11(14-8-3-4-9-15-14)16-12-6-5-7-13(10-12)17-2/h3-4,8-9,11-13,16H,5-7,10H2,1-2H3. The van der Waals surface area contributed by atoms with Crippen LogP contribution in [0.2, 0.25) is 0 Å². The molecule has 1 N–H and O–H groups in total. The molecule has 1 saturated carbocycles.